The van der Waals surface area contributed by atoms with Crippen molar-refractivity contribution in [2.75, 3.05) is 0 Å². The van der Waals surface area contributed by atoms with Gasteiger partial charge in [-0.1, -0.05) is 56.4 Å². The summed E-state index contributed by atoms with van der Waals surface area (Å²) in [6, 6.07) is 9.15. The van der Waals surface area contributed by atoms with Gasteiger partial charge in [0.1, 0.15) is 0 Å². The molecule has 0 aromatic heterocycles. The molecule has 106 valence electrons. The summed E-state index contributed by atoms with van der Waals surface area (Å²) in [5.74, 6) is 6.64. The van der Waals surface area contributed by atoms with Crippen molar-refractivity contribution in [3.05, 3.63) is 35.4 Å². The van der Waals surface area contributed by atoms with Gasteiger partial charge in [-0.3, -0.25) is 11.3 Å². The molecule has 1 aromatic rings. The van der Waals surface area contributed by atoms with Crippen molar-refractivity contribution in [3.8, 4) is 0 Å². The molecule has 1 fully saturated rings. The van der Waals surface area contributed by atoms with E-state index in [0.29, 0.717) is 6.04 Å². The zero-order valence-corrected chi connectivity index (χ0v) is 12.2. The van der Waals surface area contributed by atoms with Crippen molar-refractivity contribution in [1.82, 2.24) is 5.43 Å². The number of nitrogens with one attached hydrogen (secondary N) is 1. The molecule has 2 nitrogen and oxygen atoms in total. The highest BCUT2D eigenvalue weighted by molar-refractivity contribution is 5.25. The van der Waals surface area contributed by atoms with Crippen LogP contribution >= 0.6 is 0 Å². The van der Waals surface area contributed by atoms with Crippen LogP contribution in [0.15, 0.2) is 24.3 Å². The quantitative estimate of drug-likeness (QED) is 0.604. The molecular weight excluding hydrogens is 232 g/mol. The van der Waals surface area contributed by atoms with Gasteiger partial charge in [0.15, 0.2) is 0 Å². The first kappa shape index (κ1) is 14.5. The fourth-order valence-corrected chi connectivity index (χ4v) is 3.31. The summed E-state index contributed by atoms with van der Waals surface area (Å²) >= 11 is 0. The molecule has 1 unspecified atom stereocenters. The van der Waals surface area contributed by atoms with Gasteiger partial charge in [-0.2, -0.15) is 0 Å². The monoisotopic (exact) mass is 260 g/mol. The van der Waals surface area contributed by atoms with E-state index < -0.39 is 0 Å². The number of hydrogen-bond donors (Lipinski definition) is 2. The van der Waals surface area contributed by atoms with E-state index in [1.807, 2.05) is 0 Å². The summed E-state index contributed by atoms with van der Waals surface area (Å²) < 4.78 is 0. The molecule has 1 atom stereocenters. The van der Waals surface area contributed by atoms with E-state index >= 15 is 0 Å². The maximum Gasteiger partial charge on any atom is 0.0216 e. The summed E-state index contributed by atoms with van der Waals surface area (Å²) in [5.41, 5.74) is 5.90. The van der Waals surface area contributed by atoms with E-state index in [4.69, 9.17) is 5.84 Å². The van der Waals surface area contributed by atoms with Gasteiger partial charge >= 0.3 is 0 Å². The molecule has 1 aromatic carbocycles. The van der Waals surface area contributed by atoms with Crippen molar-refractivity contribution in [1.29, 1.82) is 0 Å². The summed E-state index contributed by atoms with van der Waals surface area (Å²) in [6.45, 7) is 2.20. The highest BCUT2D eigenvalue weighted by Gasteiger charge is 2.18. The van der Waals surface area contributed by atoms with Gasteiger partial charge < -0.3 is 0 Å². The Balaban J connectivity index is 1.80. The van der Waals surface area contributed by atoms with Crippen LogP contribution in [0.2, 0.25) is 0 Å². The fourth-order valence-electron chi connectivity index (χ4n) is 3.31. The summed E-state index contributed by atoms with van der Waals surface area (Å²) in [4.78, 5) is 0. The van der Waals surface area contributed by atoms with Crippen LogP contribution in [-0.4, -0.2) is 6.04 Å². The number of hydrazine groups is 1. The third-order valence-corrected chi connectivity index (χ3v) is 4.60. The van der Waals surface area contributed by atoms with Crippen LogP contribution in [0.5, 0.6) is 0 Å². The number of rotatable bonds is 6. The maximum absolute atomic E-state index is 5.74. The summed E-state index contributed by atoms with van der Waals surface area (Å²) in [6.07, 6.45) is 10.6. The largest absolute Gasteiger partial charge is 0.271 e. The third kappa shape index (κ3) is 4.63. The lowest BCUT2D eigenvalue weighted by Crippen LogP contribution is -2.37. The Morgan fingerprint density at radius 3 is 2.63 bits per heavy atom. The van der Waals surface area contributed by atoms with E-state index in [1.165, 1.54) is 49.7 Å². The zero-order chi connectivity index (χ0) is 13.5. The van der Waals surface area contributed by atoms with Gasteiger partial charge in [0.25, 0.3) is 0 Å². The molecule has 2 rings (SSSR count). The van der Waals surface area contributed by atoms with Crippen molar-refractivity contribution in [3.63, 3.8) is 0 Å². The van der Waals surface area contributed by atoms with Crippen LogP contribution in [-0.2, 0) is 6.42 Å². The van der Waals surface area contributed by atoms with Crippen LogP contribution in [0.4, 0.5) is 0 Å². The molecule has 0 radical (unpaired) electrons. The topological polar surface area (TPSA) is 38.0 Å². The first-order chi connectivity index (χ1) is 9.29. The lowest BCUT2D eigenvalue weighted by molar-refractivity contribution is 0.292. The smallest absolute Gasteiger partial charge is 0.0216 e. The summed E-state index contributed by atoms with van der Waals surface area (Å²) in [5, 5.41) is 0. The lowest BCUT2D eigenvalue weighted by Gasteiger charge is -2.26. The van der Waals surface area contributed by atoms with Crippen molar-refractivity contribution < 1.29 is 0 Å². The molecule has 1 aliphatic carbocycles. The summed E-state index contributed by atoms with van der Waals surface area (Å²) in [7, 11) is 0. The van der Waals surface area contributed by atoms with Gasteiger partial charge in [-0.15, -0.1) is 0 Å². The van der Waals surface area contributed by atoms with Crippen LogP contribution in [0, 0.1) is 12.8 Å². The van der Waals surface area contributed by atoms with Crippen LogP contribution in [0.25, 0.3) is 0 Å². The number of nitrogens with two attached hydrogens (primary N) is 1. The first-order valence-corrected chi connectivity index (χ1v) is 7.80. The minimum absolute atomic E-state index is 0.475. The van der Waals surface area contributed by atoms with Crippen LogP contribution in [0.3, 0.4) is 0 Å². The zero-order valence-electron chi connectivity index (χ0n) is 12.2. The first-order valence-electron chi connectivity index (χ1n) is 7.80. The second-order valence-electron chi connectivity index (χ2n) is 6.07. The normalized spacial score (nSPS) is 18.4. The molecule has 1 aliphatic rings. The Bertz CT molecular complexity index is 369. The standard InChI is InChI=1S/C17H28N2/c1-14-7-5-6-10-16(14)11-12-17(19-18)13-15-8-3-2-4-9-15/h5-7,10,15,17,19H,2-4,8-9,11-13,18H2,1H3. The Morgan fingerprint density at radius 1 is 1.21 bits per heavy atom. The maximum atomic E-state index is 5.74. The Morgan fingerprint density at radius 2 is 1.95 bits per heavy atom. The SMILES string of the molecule is Cc1ccccc1CCC(CC1CCCCC1)NN. The van der Waals surface area contributed by atoms with E-state index in [-0.39, 0.29) is 0 Å². The molecule has 0 heterocycles. The van der Waals surface area contributed by atoms with E-state index in [9.17, 15) is 0 Å². The predicted octanol–water partition coefficient (Wildman–Crippen LogP) is 3.73. The molecule has 0 bridgehead atoms. The predicted molar refractivity (Wildman–Crippen MR) is 81.8 cm³/mol. The Labute approximate surface area is 117 Å². The van der Waals surface area contributed by atoms with Gasteiger partial charge in [0, 0.05) is 6.04 Å². The Kier molecular flexibility index (Phi) is 5.87. The molecular formula is C17H28N2. The van der Waals surface area contributed by atoms with Crippen molar-refractivity contribution in [2.45, 2.75) is 64.3 Å². The van der Waals surface area contributed by atoms with Gasteiger partial charge in [0.05, 0.1) is 0 Å². The average Bonchev–Trinajstić information content (AvgIpc) is 2.46. The van der Waals surface area contributed by atoms with E-state index in [1.54, 1.807) is 0 Å². The van der Waals surface area contributed by atoms with E-state index in [0.717, 1.165) is 18.8 Å². The number of benzene rings is 1. The third-order valence-electron chi connectivity index (χ3n) is 4.60. The molecule has 1 saturated carbocycles. The molecule has 0 amide bonds. The van der Waals surface area contributed by atoms with E-state index in [2.05, 4.69) is 36.6 Å². The van der Waals surface area contributed by atoms with Gasteiger partial charge in [-0.25, -0.2) is 0 Å². The van der Waals surface area contributed by atoms with Crippen LogP contribution < -0.4 is 11.3 Å². The lowest BCUT2D eigenvalue weighted by atomic mass is 9.84. The minimum Gasteiger partial charge on any atom is -0.271 e. The molecule has 19 heavy (non-hydrogen) atoms. The number of aryl methyl sites for hydroxylation is 2. The number of hydrogen-bond acceptors (Lipinski definition) is 2. The molecule has 0 aliphatic heterocycles. The average molecular weight is 260 g/mol. The van der Waals surface area contributed by atoms with Crippen molar-refractivity contribution >= 4 is 0 Å². The minimum atomic E-state index is 0.475. The second kappa shape index (κ2) is 7.66. The molecule has 0 saturated heterocycles. The second-order valence-corrected chi connectivity index (χ2v) is 6.07. The van der Waals surface area contributed by atoms with Crippen molar-refractivity contribution in [2.24, 2.45) is 11.8 Å². The highest BCUT2D eigenvalue weighted by atomic mass is 15.2. The highest BCUT2D eigenvalue weighted by Crippen LogP contribution is 2.28. The molecule has 2 heteroatoms. The van der Waals surface area contributed by atoms with Crippen LogP contribution in [0.1, 0.15) is 56.1 Å². The molecule has 3 N–H and O–H groups in total. The molecule has 0 spiro atoms. The van der Waals surface area contributed by atoms with Gasteiger partial charge in [0.2, 0.25) is 0 Å². The van der Waals surface area contributed by atoms with Gasteiger partial charge in [-0.05, 0) is 43.2 Å². The fraction of sp³-hybridized carbons (Fsp3) is 0.647. The Hall–Kier alpha value is -0.860.